The van der Waals surface area contributed by atoms with Crippen LogP contribution in [0.4, 0.5) is 0 Å². The summed E-state index contributed by atoms with van der Waals surface area (Å²) in [6.07, 6.45) is 8.29. The van der Waals surface area contributed by atoms with Gasteiger partial charge in [0.25, 0.3) is 0 Å². The van der Waals surface area contributed by atoms with Gasteiger partial charge in [-0.2, -0.15) is 0 Å². The van der Waals surface area contributed by atoms with Crippen molar-refractivity contribution >= 4 is 23.1 Å². The number of carbonyl (C=O) groups is 1. The zero-order chi connectivity index (χ0) is 21.3. The van der Waals surface area contributed by atoms with E-state index in [-0.39, 0.29) is 24.4 Å². The van der Waals surface area contributed by atoms with Crippen LogP contribution >= 0.6 is 11.6 Å². The van der Waals surface area contributed by atoms with Crippen LogP contribution in [0.15, 0.2) is 36.5 Å². The molecule has 2 aromatic rings. The van der Waals surface area contributed by atoms with Crippen molar-refractivity contribution in [1.82, 2.24) is 9.97 Å². The first-order chi connectivity index (χ1) is 14.3. The molecule has 1 aromatic carbocycles. The van der Waals surface area contributed by atoms with E-state index in [1.807, 2.05) is 24.3 Å². The molecule has 4 rings (SSSR count). The summed E-state index contributed by atoms with van der Waals surface area (Å²) in [5.74, 6) is 0.460. The van der Waals surface area contributed by atoms with Crippen LogP contribution in [0.1, 0.15) is 68.8 Å². The number of aliphatic carboxylic acids is 1. The zero-order valence-corrected chi connectivity index (χ0v) is 18.2. The highest BCUT2D eigenvalue weighted by molar-refractivity contribution is 6.31. The van der Waals surface area contributed by atoms with Gasteiger partial charge in [-0.25, -0.2) is 9.97 Å². The molecule has 0 unspecified atom stereocenters. The highest BCUT2D eigenvalue weighted by Gasteiger charge is 2.34. The lowest BCUT2D eigenvalue weighted by atomic mass is 9.84. The number of nitrogens with zero attached hydrogens (tertiary/aromatic N) is 2. The molecule has 158 valence electrons. The summed E-state index contributed by atoms with van der Waals surface area (Å²) in [6.45, 7) is 4.68. The fourth-order valence-electron chi connectivity index (χ4n) is 4.29. The lowest BCUT2D eigenvalue weighted by Gasteiger charge is -2.22. The number of aromatic nitrogens is 2. The van der Waals surface area contributed by atoms with Crippen molar-refractivity contribution < 1.29 is 14.6 Å². The van der Waals surface area contributed by atoms with Crippen LogP contribution in [-0.2, 0) is 11.4 Å². The van der Waals surface area contributed by atoms with E-state index in [2.05, 4.69) is 24.9 Å². The Hall–Kier alpha value is -2.40. The summed E-state index contributed by atoms with van der Waals surface area (Å²) in [6, 6.07) is 7.76. The summed E-state index contributed by atoms with van der Waals surface area (Å²) in [5, 5.41) is 9.68. The molecule has 2 aliphatic rings. The number of carboxylic acid groups (broad SMARTS) is 1. The maximum absolute atomic E-state index is 11.3. The van der Waals surface area contributed by atoms with Crippen LogP contribution in [0.25, 0.3) is 5.57 Å². The second-order valence-electron chi connectivity index (χ2n) is 8.94. The molecule has 1 N–H and O–H groups in total. The van der Waals surface area contributed by atoms with E-state index < -0.39 is 5.97 Å². The predicted octanol–water partition coefficient (Wildman–Crippen LogP) is 5.88. The monoisotopic (exact) mass is 426 g/mol. The molecule has 1 aromatic heterocycles. The Morgan fingerprint density at radius 2 is 2.17 bits per heavy atom. The van der Waals surface area contributed by atoms with Crippen LogP contribution in [-0.4, -0.2) is 21.0 Å². The lowest BCUT2D eigenvalue weighted by molar-refractivity contribution is -0.137. The second-order valence-corrected chi connectivity index (χ2v) is 9.30. The molecular weight excluding hydrogens is 400 g/mol. The summed E-state index contributed by atoms with van der Waals surface area (Å²) >= 11 is 6.35. The number of halogens is 1. The van der Waals surface area contributed by atoms with Gasteiger partial charge in [-0.1, -0.05) is 43.7 Å². The van der Waals surface area contributed by atoms with E-state index in [1.165, 1.54) is 0 Å². The third-order valence-corrected chi connectivity index (χ3v) is 6.41. The molecule has 0 amide bonds. The second kappa shape index (κ2) is 8.38. The van der Waals surface area contributed by atoms with Gasteiger partial charge in [-0.15, -0.1) is 0 Å². The SMILES string of the molecule is CC1(C)CCC=C1c1nc(COc2cccc([C@@H](CC(=O)O)C3CC3)c2)cnc1Cl. The van der Waals surface area contributed by atoms with Crippen molar-refractivity contribution in [3.05, 3.63) is 58.6 Å². The van der Waals surface area contributed by atoms with E-state index in [0.717, 1.165) is 42.5 Å². The maximum Gasteiger partial charge on any atom is 0.303 e. The largest absolute Gasteiger partial charge is 0.487 e. The summed E-state index contributed by atoms with van der Waals surface area (Å²) in [7, 11) is 0. The van der Waals surface area contributed by atoms with Gasteiger partial charge in [0.15, 0.2) is 5.15 Å². The lowest BCUT2D eigenvalue weighted by Crippen LogP contribution is -2.12. The van der Waals surface area contributed by atoms with Crippen molar-refractivity contribution in [3.8, 4) is 5.75 Å². The average Bonchev–Trinajstić information content (AvgIpc) is 3.48. The number of allylic oxidation sites excluding steroid dienone is 2. The molecule has 5 nitrogen and oxygen atoms in total. The molecular formula is C24H27ClN2O3. The Morgan fingerprint density at radius 1 is 1.37 bits per heavy atom. The molecule has 6 heteroatoms. The van der Waals surface area contributed by atoms with Crippen LogP contribution < -0.4 is 4.74 Å². The third-order valence-electron chi connectivity index (χ3n) is 6.14. The van der Waals surface area contributed by atoms with Crippen LogP contribution in [0.2, 0.25) is 5.15 Å². The molecule has 1 saturated carbocycles. The normalized spacial score (nSPS) is 18.7. The van der Waals surface area contributed by atoms with Gasteiger partial charge in [0, 0.05) is 0 Å². The van der Waals surface area contributed by atoms with Gasteiger partial charge in [0.05, 0.1) is 18.3 Å². The number of ether oxygens (including phenoxy) is 1. The number of rotatable bonds is 8. The Morgan fingerprint density at radius 3 is 2.83 bits per heavy atom. The average molecular weight is 427 g/mol. The summed E-state index contributed by atoms with van der Waals surface area (Å²) < 4.78 is 5.99. The van der Waals surface area contributed by atoms with Gasteiger partial charge in [0.1, 0.15) is 18.1 Å². The van der Waals surface area contributed by atoms with Gasteiger partial charge in [0.2, 0.25) is 0 Å². The van der Waals surface area contributed by atoms with Crippen LogP contribution in [0.5, 0.6) is 5.75 Å². The van der Waals surface area contributed by atoms with E-state index in [0.29, 0.717) is 22.5 Å². The Balaban J connectivity index is 1.49. The molecule has 1 atom stereocenters. The molecule has 0 spiro atoms. The minimum atomic E-state index is -0.758. The highest BCUT2D eigenvalue weighted by atomic mass is 35.5. The standard InChI is InChI=1S/C24H27ClN2O3/c1-24(2)10-4-7-20(24)22-23(25)26-13-17(27-22)14-30-18-6-3-5-16(11-18)19(12-21(28)29)15-8-9-15/h3,5-7,11,13,15,19H,4,8-10,12,14H2,1-2H3,(H,28,29)/t19-/m0/s1. The fraction of sp³-hybridized carbons (Fsp3) is 0.458. The summed E-state index contributed by atoms with van der Waals surface area (Å²) in [4.78, 5) is 20.3. The molecule has 1 heterocycles. The van der Waals surface area contributed by atoms with Crippen molar-refractivity contribution in [2.24, 2.45) is 11.3 Å². The van der Waals surface area contributed by atoms with E-state index in [4.69, 9.17) is 21.3 Å². The van der Waals surface area contributed by atoms with Gasteiger partial charge < -0.3 is 9.84 Å². The quantitative estimate of drug-likeness (QED) is 0.570. The minimum Gasteiger partial charge on any atom is -0.487 e. The van der Waals surface area contributed by atoms with Crippen molar-refractivity contribution in [2.45, 2.75) is 58.5 Å². The highest BCUT2D eigenvalue weighted by Crippen LogP contribution is 2.46. The molecule has 2 aliphatic carbocycles. The first kappa shape index (κ1) is 20.9. The van der Waals surface area contributed by atoms with Gasteiger partial charge in [-0.05, 0) is 66.2 Å². The number of hydrogen-bond acceptors (Lipinski definition) is 4. The Labute approximate surface area is 182 Å². The molecule has 30 heavy (non-hydrogen) atoms. The predicted molar refractivity (Wildman–Crippen MR) is 117 cm³/mol. The third kappa shape index (κ3) is 4.67. The Bertz CT molecular complexity index is 982. The molecule has 0 aliphatic heterocycles. The minimum absolute atomic E-state index is 0.0358. The first-order valence-corrected chi connectivity index (χ1v) is 10.9. The van der Waals surface area contributed by atoms with E-state index in [9.17, 15) is 9.90 Å². The molecule has 0 bridgehead atoms. The smallest absolute Gasteiger partial charge is 0.303 e. The summed E-state index contributed by atoms with van der Waals surface area (Å²) in [5.41, 5.74) is 3.66. The Kier molecular flexibility index (Phi) is 5.83. The molecule has 0 saturated heterocycles. The first-order valence-electron chi connectivity index (χ1n) is 10.5. The van der Waals surface area contributed by atoms with Crippen LogP contribution in [0.3, 0.4) is 0 Å². The number of benzene rings is 1. The zero-order valence-electron chi connectivity index (χ0n) is 17.4. The van der Waals surface area contributed by atoms with Gasteiger partial charge >= 0.3 is 5.97 Å². The van der Waals surface area contributed by atoms with Crippen molar-refractivity contribution in [2.75, 3.05) is 0 Å². The number of carboxylic acids is 1. The van der Waals surface area contributed by atoms with Gasteiger partial charge in [-0.3, -0.25) is 4.79 Å². The van der Waals surface area contributed by atoms with Crippen molar-refractivity contribution in [1.29, 1.82) is 0 Å². The topological polar surface area (TPSA) is 72.3 Å². The number of hydrogen-bond donors (Lipinski definition) is 1. The molecule has 0 radical (unpaired) electrons. The van der Waals surface area contributed by atoms with E-state index >= 15 is 0 Å². The maximum atomic E-state index is 11.3. The van der Waals surface area contributed by atoms with Crippen LogP contribution in [0, 0.1) is 11.3 Å². The van der Waals surface area contributed by atoms with E-state index in [1.54, 1.807) is 6.20 Å². The van der Waals surface area contributed by atoms with Crippen molar-refractivity contribution in [3.63, 3.8) is 0 Å². The molecule has 1 fully saturated rings. The fourth-order valence-corrected chi connectivity index (χ4v) is 4.49.